The fourth-order valence-electron chi connectivity index (χ4n) is 9.37. The van der Waals surface area contributed by atoms with Crippen molar-refractivity contribution in [2.24, 2.45) is 0 Å². The van der Waals surface area contributed by atoms with Crippen molar-refractivity contribution in [3.05, 3.63) is 27.8 Å². The second-order valence-corrected chi connectivity index (χ2v) is 19.9. The molecule has 1 unspecified atom stereocenters. The fourth-order valence-corrected chi connectivity index (χ4v) is 9.54. The number of hydrogen-bond donors (Lipinski definition) is 0. The second kappa shape index (κ2) is 19.2. The van der Waals surface area contributed by atoms with Crippen LogP contribution in [-0.4, -0.2) is 172 Å². The molecule has 7 heterocycles. The van der Waals surface area contributed by atoms with E-state index in [1.165, 1.54) is 0 Å². The van der Waals surface area contributed by atoms with Crippen LogP contribution in [0.15, 0.2) is 0 Å². The van der Waals surface area contributed by atoms with Crippen LogP contribution in [-0.2, 0) is 28.9 Å². The van der Waals surface area contributed by atoms with Gasteiger partial charge in [0.05, 0.1) is 49.0 Å². The average Bonchev–Trinajstić information content (AvgIpc) is 3.63. The van der Waals surface area contributed by atoms with Gasteiger partial charge in [0.1, 0.15) is 29.4 Å². The number of rotatable bonds is 9. The highest BCUT2D eigenvalue weighted by Gasteiger charge is 2.42. The van der Waals surface area contributed by atoms with Crippen LogP contribution in [0.5, 0.6) is 6.01 Å². The fraction of sp³-hybridized carbons (Fsp3) is 0.727. The van der Waals surface area contributed by atoms with Crippen LogP contribution in [0.3, 0.4) is 0 Å². The molecule has 0 aliphatic carbocycles. The molecule has 2 amide bonds. The lowest BCUT2D eigenvalue weighted by molar-refractivity contribution is 0.00637. The van der Waals surface area contributed by atoms with E-state index in [9.17, 15) is 20.1 Å². The van der Waals surface area contributed by atoms with Gasteiger partial charge in [0, 0.05) is 88.2 Å². The number of fused-ring (bicyclic) bond motifs is 2. The summed E-state index contributed by atoms with van der Waals surface area (Å²) in [4.78, 5) is 61.5. The number of carbonyl (C=O) groups is 2. The third-order valence-electron chi connectivity index (χ3n) is 12.7. The summed E-state index contributed by atoms with van der Waals surface area (Å²) in [6, 6.07) is 4.55. The lowest BCUT2D eigenvalue weighted by atomic mass is 9.95. The summed E-state index contributed by atoms with van der Waals surface area (Å²) in [6.07, 6.45) is 2.99. The van der Waals surface area contributed by atoms with Crippen LogP contribution in [0, 0.1) is 22.7 Å². The smallest absolute Gasteiger partial charge is 0.410 e. The van der Waals surface area contributed by atoms with Crippen molar-refractivity contribution < 1.29 is 23.8 Å². The molecule has 3 fully saturated rings. The molecule has 0 spiro atoms. The predicted molar refractivity (Wildman–Crippen MR) is 237 cm³/mol. The maximum Gasteiger partial charge on any atom is 0.410 e. The molecule has 2 aromatic heterocycles. The Morgan fingerprint density at radius 2 is 1.38 bits per heavy atom. The highest BCUT2D eigenvalue weighted by atomic mass is 35.5. The van der Waals surface area contributed by atoms with Gasteiger partial charge in [-0.3, -0.25) is 14.7 Å². The Labute approximate surface area is 377 Å². The van der Waals surface area contributed by atoms with Crippen LogP contribution in [0.4, 0.5) is 21.2 Å². The molecule has 2 aromatic rings. The highest BCUT2D eigenvalue weighted by Crippen LogP contribution is 2.38. The van der Waals surface area contributed by atoms with E-state index in [4.69, 9.17) is 45.7 Å². The Morgan fingerprint density at radius 3 is 2.06 bits per heavy atom. The summed E-state index contributed by atoms with van der Waals surface area (Å²) in [5.74, 6) is 1.50. The Balaban J connectivity index is 1.18. The summed E-state index contributed by atoms with van der Waals surface area (Å²) >= 11 is 6.76. The molecule has 5 aliphatic heterocycles. The van der Waals surface area contributed by atoms with Gasteiger partial charge in [0.2, 0.25) is 5.28 Å². The number of halogens is 1. The Bertz CT molecular complexity index is 2080. The number of carbonyl (C=O) groups excluding carboxylic acids is 2. The zero-order valence-electron chi connectivity index (χ0n) is 38.3. The number of likely N-dealkylation sites (N-methyl/N-ethyl adjacent to an activating group) is 2. The van der Waals surface area contributed by atoms with Crippen molar-refractivity contribution in [3.8, 4) is 18.1 Å². The number of piperazine rings is 2. The van der Waals surface area contributed by atoms with Gasteiger partial charge in [-0.05, 0) is 99.5 Å². The molecule has 7 rings (SSSR count). The topological polar surface area (TPSA) is 184 Å². The number of amides is 2. The van der Waals surface area contributed by atoms with Gasteiger partial charge < -0.3 is 33.8 Å². The van der Waals surface area contributed by atoms with E-state index >= 15 is 0 Å². The number of ether oxygens (including phenoxy) is 3. The first kappa shape index (κ1) is 46.2. The van der Waals surface area contributed by atoms with Crippen LogP contribution in [0.2, 0.25) is 5.28 Å². The molecule has 0 N–H and O–H groups in total. The molecule has 3 saturated heterocycles. The van der Waals surface area contributed by atoms with E-state index in [-0.39, 0.29) is 48.5 Å². The van der Waals surface area contributed by atoms with Gasteiger partial charge >= 0.3 is 18.2 Å². The Morgan fingerprint density at radius 1 is 0.746 bits per heavy atom. The first-order valence-corrected chi connectivity index (χ1v) is 22.7. The Hall–Kier alpha value is -4.75. The van der Waals surface area contributed by atoms with E-state index in [1.807, 2.05) is 48.6 Å². The monoisotopic (exact) mass is 889 g/mol. The normalized spacial score (nSPS) is 23.7. The first-order chi connectivity index (χ1) is 29.9. The molecule has 342 valence electrons. The number of hydrogen-bond acceptors (Lipinski definition) is 16. The zero-order chi connectivity index (χ0) is 45.2. The molecule has 0 radical (unpaired) electrons. The third kappa shape index (κ3) is 11.0. The van der Waals surface area contributed by atoms with Crippen molar-refractivity contribution >= 4 is 35.4 Å². The molecule has 4 atom stereocenters. The van der Waals surface area contributed by atoms with Crippen molar-refractivity contribution in [2.75, 3.05) is 95.9 Å². The van der Waals surface area contributed by atoms with E-state index in [0.717, 1.165) is 54.4 Å². The number of likely N-dealkylation sites (tertiary alicyclic amines) is 1. The molecule has 0 bridgehead atoms. The lowest BCUT2D eigenvalue weighted by Crippen LogP contribution is -2.57. The van der Waals surface area contributed by atoms with Gasteiger partial charge in [-0.25, -0.2) is 19.6 Å². The van der Waals surface area contributed by atoms with Crippen molar-refractivity contribution in [1.82, 2.24) is 44.4 Å². The van der Waals surface area contributed by atoms with E-state index in [1.54, 1.807) is 9.80 Å². The average molecular weight is 891 g/mol. The van der Waals surface area contributed by atoms with Gasteiger partial charge in [-0.2, -0.15) is 20.5 Å². The molecule has 63 heavy (non-hydrogen) atoms. The Kier molecular flexibility index (Phi) is 14.1. The second-order valence-electron chi connectivity index (χ2n) is 19.5. The SMILES string of the molecule is CN1CCC[C@H]1COc1nc2c(c(N3CCN(CC4c5nc(Cl)nc(N6CCN(C)[C@@H](CC#N)C6)c5CCN4C(=O)OC(C)(C)C)[C@@H](CC#N)C3)n1)CCN(C(=O)OC(C)(C)C)C2. The summed E-state index contributed by atoms with van der Waals surface area (Å²) in [6.45, 7) is 17.8. The molecule has 19 heteroatoms. The highest BCUT2D eigenvalue weighted by molar-refractivity contribution is 6.28. The van der Waals surface area contributed by atoms with Gasteiger partial charge in [-0.1, -0.05) is 0 Å². The number of aromatic nitrogens is 4. The molecule has 18 nitrogen and oxygen atoms in total. The predicted octanol–water partition coefficient (Wildman–Crippen LogP) is 4.66. The molecule has 5 aliphatic rings. The zero-order valence-corrected chi connectivity index (χ0v) is 39.0. The number of nitrogens with zero attached hydrogens (tertiary/aromatic N) is 13. The van der Waals surface area contributed by atoms with Crippen molar-refractivity contribution in [1.29, 1.82) is 10.5 Å². The minimum absolute atomic E-state index is 0.0369. The molecule has 0 aromatic carbocycles. The summed E-state index contributed by atoms with van der Waals surface area (Å²) in [5.41, 5.74) is 1.93. The van der Waals surface area contributed by atoms with Crippen molar-refractivity contribution in [2.45, 2.75) is 122 Å². The molecular formula is C44H64ClN13O5. The van der Waals surface area contributed by atoms with Crippen molar-refractivity contribution in [3.63, 3.8) is 0 Å². The first-order valence-electron chi connectivity index (χ1n) is 22.4. The minimum atomic E-state index is -0.725. The van der Waals surface area contributed by atoms with Crippen LogP contribution >= 0.6 is 11.6 Å². The van der Waals surface area contributed by atoms with Crippen LogP contribution in [0.25, 0.3) is 0 Å². The quantitative estimate of drug-likeness (QED) is 0.317. The van der Waals surface area contributed by atoms with Crippen LogP contribution in [0.1, 0.15) is 95.8 Å². The molecule has 0 saturated carbocycles. The van der Waals surface area contributed by atoms with E-state index < -0.39 is 23.3 Å². The lowest BCUT2D eigenvalue weighted by Gasteiger charge is -2.46. The third-order valence-corrected chi connectivity index (χ3v) is 12.9. The van der Waals surface area contributed by atoms with E-state index in [2.05, 4.69) is 43.7 Å². The summed E-state index contributed by atoms with van der Waals surface area (Å²) in [7, 11) is 4.14. The standard InChI is InChI=1S/C44H64ClN13O5/c1-43(2,3)62-41(59)57-18-13-32-34(26-57)48-40(61-28-31-10-9-17-52(31)7)51-37(32)56-23-22-54(30(25-56)12-16-47)27-35-36-33(14-19-58(35)42(60)63-44(4,5)6)38(50-39(45)49-36)55-21-20-53(8)29(24-55)11-15-46/h29-31,35H,9-14,17-28H2,1-8H3/t29-,30-,31-,35?/m0/s1. The number of nitriles is 2. The van der Waals surface area contributed by atoms with Gasteiger partial charge in [0.15, 0.2) is 0 Å². The maximum atomic E-state index is 14.0. The van der Waals surface area contributed by atoms with Gasteiger partial charge in [-0.15, -0.1) is 0 Å². The summed E-state index contributed by atoms with van der Waals surface area (Å²) in [5, 5.41) is 19.9. The maximum absolute atomic E-state index is 14.0. The minimum Gasteiger partial charge on any atom is -0.462 e. The molecular weight excluding hydrogens is 826 g/mol. The number of anilines is 2. The van der Waals surface area contributed by atoms with Crippen LogP contribution < -0.4 is 14.5 Å². The summed E-state index contributed by atoms with van der Waals surface area (Å²) < 4.78 is 18.1. The largest absolute Gasteiger partial charge is 0.462 e. The van der Waals surface area contributed by atoms with E-state index in [0.29, 0.717) is 83.9 Å². The van der Waals surface area contributed by atoms with Gasteiger partial charge in [0.25, 0.3) is 0 Å².